The first-order valence-corrected chi connectivity index (χ1v) is 10.1. The molecule has 1 N–H and O–H groups in total. The number of carbonyl (C=O) groups excluding carboxylic acids is 2. The SMILES string of the molecule is O=C(CC1SC(c2cc3ccccc3oc2=O)=NC1=O)Nc1cccc(Cl)c1Cl. The van der Waals surface area contributed by atoms with Crippen molar-refractivity contribution < 1.29 is 14.0 Å². The molecule has 0 bridgehead atoms. The Labute approximate surface area is 178 Å². The molecule has 2 heterocycles. The first kappa shape index (κ1) is 19.7. The van der Waals surface area contributed by atoms with Gasteiger partial charge in [0.1, 0.15) is 15.9 Å². The fourth-order valence-electron chi connectivity index (χ4n) is 2.82. The lowest BCUT2D eigenvalue weighted by Crippen LogP contribution is -2.21. The molecule has 0 saturated carbocycles. The molecule has 2 aromatic carbocycles. The van der Waals surface area contributed by atoms with Crippen molar-refractivity contribution in [3.8, 4) is 0 Å². The van der Waals surface area contributed by atoms with Crippen LogP contribution >= 0.6 is 35.0 Å². The summed E-state index contributed by atoms with van der Waals surface area (Å²) >= 11 is 13.1. The van der Waals surface area contributed by atoms with Crippen molar-refractivity contribution in [3.05, 3.63) is 74.6 Å². The number of hydrogen-bond donors (Lipinski definition) is 1. The van der Waals surface area contributed by atoms with Gasteiger partial charge in [-0.3, -0.25) is 9.59 Å². The van der Waals surface area contributed by atoms with Gasteiger partial charge in [-0.1, -0.05) is 59.2 Å². The average molecular weight is 447 g/mol. The number of halogens is 2. The van der Waals surface area contributed by atoms with E-state index in [1.807, 2.05) is 6.07 Å². The maximum atomic E-state index is 12.4. The van der Waals surface area contributed by atoms with Crippen LogP contribution in [0.4, 0.5) is 5.69 Å². The summed E-state index contributed by atoms with van der Waals surface area (Å²) in [6, 6.07) is 13.6. The molecule has 2 amide bonds. The molecule has 1 aliphatic heterocycles. The largest absolute Gasteiger partial charge is 0.422 e. The number of hydrogen-bond acceptors (Lipinski definition) is 5. The van der Waals surface area contributed by atoms with Crippen molar-refractivity contribution in [1.82, 2.24) is 0 Å². The smallest absolute Gasteiger partial charge is 0.346 e. The van der Waals surface area contributed by atoms with Gasteiger partial charge in [-0.25, -0.2) is 9.79 Å². The third-order valence-corrected chi connectivity index (χ3v) is 6.22. The Morgan fingerprint density at radius 1 is 1.14 bits per heavy atom. The van der Waals surface area contributed by atoms with Crippen LogP contribution in [0.1, 0.15) is 12.0 Å². The lowest BCUT2D eigenvalue weighted by molar-refractivity contribution is -0.121. The number of aliphatic imine (C=N–C) groups is 1. The van der Waals surface area contributed by atoms with Gasteiger partial charge in [0, 0.05) is 11.8 Å². The van der Waals surface area contributed by atoms with Gasteiger partial charge in [0.05, 0.1) is 21.3 Å². The third-order valence-electron chi connectivity index (χ3n) is 4.21. The molecule has 0 fully saturated rings. The molecule has 4 rings (SSSR count). The quantitative estimate of drug-likeness (QED) is 0.595. The molecule has 1 atom stereocenters. The van der Waals surface area contributed by atoms with Crippen LogP contribution in [0.2, 0.25) is 10.0 Å². The molecule has 0 spiro atoms. The molecular weight excluding hydrogens is 435 g/mol. The average Bonchev–Trinajstić information content (AvgIpc) is 3.05. The number of benzene rings is 2. The molecule has 0 radical (unpaired) electrons. The first-order valence-electron chi connectivity index (χ1n) is 8.48. The molecular formula is C20H12Cl2N2O4S. The zero-order valence-electron chi connectivity index (χ0n) is 14.6. The Hall–Kier alpha value is -2.61. The number of fused-ring (bicyclic) bond motifs is 1. The van der Waals surface area contributed by atoms with Gasteiger partial charge in [-0.15, -0.1) is 0 Å². The van der Waals surface area contributed by atoms with E-state index in [0.29, 0.717) is 16.3 Å². The summed E-state index contributed by atoms with van der Waals surface area (Å²) in [5.74, 6) is -0.896. The maximum Gasteiger partial charge on any atom is 0.346 e. The predicted molar refractivity (Wildman–Crippen MR) is 115 cm³/mol. The second-order valence-electron chi connectivity index (χ2n) is 6.20. The van der Waals surface area contributed by atoms with E-state index in [-0.39, 0.29) is 22.1 Å². The number of rotatable bonds is 4. The second-order valence-corrected chi connectivity index (χ2v) is 8.18. The third kappa shape index (κ3) is 4.07. The fraction of sp³-hybridized carbons (Fsp3) is 0.100. The number of para-hydroxylation sites is 1. The van der Waals surface area contributed by atoms with E-state index in [2.05, 4.69) is 10.3 Å². The molecule has 0 aliphatic carbocycles. The lowest BCUT2D eigenvalue weighted by atomic mass is 10.2. The molecule has 146 valence electrons. The van der Waals surface area contributed by atoms with Gasteiger partial charge in [-0.05, 0) is 24.3 Å². The lowest BCUT2D eigenvalue weighted by Gasteiger charge is -2.10. The number of amides is 2. The molecule has 29 heavy (non-hydrogen) atoms. The summed E-state index contributed by atoms with van der Waals surface area (Å²) in [6.45, 7) is 0. The van der Waals surface area contributed by atoms with E-state index in [0.717, 1.165) is 17.1 Å². The molecule has 1 aromatic heterocycles. The molecule has 0 saturated heterocycles. The molecule has 1 aliphatic rings. The summed E-state index contributed by atoms with van der Waals surface area (Å²) in [5, 5.41) is 3.39. The Kier molecular flexibility index (Phi) is 5.45. The van der Waals surface area contributed by atoms with Crippen LogP contribution in [0.3, 0.4) is 0 Å². The van der Waals surface area contributed by atoms with E-state index in [1.165, 1.54) is 0 Å². The molecule has 1 unspecified atom stereocenters. The minimum absolute atomic E-state index is 0.127. The van der Waals surface area contributed by atoms with E-state index in [4.69, 9.17) is 27.6 Å². The highest BCUT2D eigenvalue weighted by atomic mass is 35.5. The number of nitrogens with one attached hydrogen (secondary N) is 1. The van der Waals surface area contributed by atoms with Crippen LogP contribution in [0, 0.1) is 0 Å². The number of nitrogens with zero attached hydrogens (tertiary/aromatic N) is 1. The summed E-state index contributed by atoms with van der Waals surface area (Å²) in [6.07, 6.45) is -0.127. The van der Waals surface area contributed by atoms with Crippen LogP contribution in [0.5, 0.6) is 0 Å². The van der Waals surface area contributed by atoms with Gasteiger partial charge in [0.25, 0.3) is 5.91 Å². The van der Waals surface area contributed by atoms with E-state index in [9.17, 15) is 14.4 Å². The van der Waals surface area contributed by atoms with Gasteiger partial charge in [-0.2, -0.15) is 0 Å². The van der Waals surface area contributed by atoms with Crippen LogP contribution in [0.15, 0.2) is 62.7 Å². The van der Waals surface area contributed by atoms with Gasteiger partial charge in [0.15, 0.2) is 0 Å². The van der Waals surface area contributed by atoms with Gasteiger partial charge in [0.2, 0.25) is 5.91 Å². The topological polar surface area (TPSA) is 88.7 Å². The molecule has 9 heteroatoms. The Morgan fingerprint density at radius 2 is 1.93 bits per heavy atom. The summed E-state index contributed by atoms with van der Waals surface area (Å²) in [5.41, 5.74) is 0.419. The van der Waals surface area contributed by atoms with Crippen LogP contribution in [-0.2, 0) is 9.59 Å². The summed E-state index contributed by atoms with van der Waals surface area (Å²) in [7, 11) is 0. The number of anilines is 1. The number of carbonyl (C=O) groups is 2. The zero-order chi connectivity index (χ0) is 20.5. The minimum atomic E-state index is -0.742. The van der Waals surface area contributed by atoms with Gasteiger partial charge >= 0.3 is 5.63 Å². The van der Waals surface area contributed by atoms with Gasteiger partial charge < -0.3 is 9.73 Å². The van der Waals surface area contributed by atoms with Crippen molar-refractivity contribution in [3.63, 3.8) is 0 Å². The van der Waals surface area contributed by atoms with Crippen molar-refractivity contribution in [2.45, 2.75) is 11.7 Å². The first-order chi connectivity index (χ1) is 13.9. The van der Waals surface area contributed by atoms with Crippen molar-refractivity contribution in [1.29, 1.82) is 0 Å². The molecule has 6 nitrogen and oxygen atoms in total. The van der Waals surface area contributed by atoms with Crippen molar-refractivity contribution >= 4 is 68.5 Å². The Bertz CT molecular complexity index is 1240. The standard InChI is InChI=1S/C20H12Cl2N2O4S/c21-12-5-3-6-13(17(12)22)23-16(25)9-15-18(26)24-19(29-15)11-8-10-4-1-2-7-14(10)28-20(11)27/h1-8,15H,9H2,(H,23,25). The van der Waals surface area contributed by atoms with Crippen LogP contribution in [-0.4, -0.2) is 22.1 Å². The summed E-state index contributed by atoms with van der Waals surface area (Å²) < 4.78 is 5.29. The number of thioether (sulfide) groups is 1. The van der Waals surface area contributed by atoms with Crippen LogP contribution in [0.25, 0.3) is 11.0 Å². The van der Waals surface area contributed by atoms with Crippen molar-refractivity contribution in [2.75, 3.05) is 5.32 Å². The second kappa shape index (κ2) is 8.02. The normalized spacial score (nSPS) is 16.1. The zero-order valence-corrected chi connectivity index (χ0v) is 17.0. The van der Waals surface area contributed by atoms with Crippen molar-refractivity contribution in [2.24, 2.45) is 4.99 Å². The van der Waals surface area contributed by atoms with Crippen LogP contribution < -0.4 is 10.9 Å². The highest BCUT2D eigenvalue weighted by Gasteiger charge is 2.32. The Morgan fingerprint density at radius 3 is 2.76 bits per heavy atom. The maximum absolute atomic E-state index is 12.4. The molecule has 3 aromatic rings. The van der Waals surface area contributed by atoms with E-state index in [1.54, 1.807) is 42.5 Å². The highest BCUT2D eigenvalue weighted by molar-refractivity contribution is 8.16. The monoisotopic (exact) mass is 446 g/mol. The minimum Gasteiger partial charge on any atom is -0.422 e. The summed E-state index contributed by atoms with van der Waals surface area (Å²) in [4.78, 5) is 40.9. The highest BCUT2D eigenvalue weighted by Crippen LogP contribution is 2.32. The van der Waals surface area contributed by atoms with E-state index < -0.39 is 22.7 Å². The Balaban J connectivity index is 1.50. The predicted octanol–water partition coefficient (Wildman–Crippen LogP) is 4.52. The fourth-order valence-corrected chi connectivity index (χ4v) is 4.23. The van der Waals surface area contributed by atoms with E-state index >= 15 is 0 Å².